The van der Waals surface area contributed by atoms with Crippen molar-refractivity contribution in [2.75, 3.05) is 19.6 Å². The fourth-order valence-electron chi connectivity index (χ4n) is 2.67. The van der Waals surface area contributed by atoms with E-state index in [2.05, 4.69) is 31.4 Å². The molecule has 0 aromatic carbocycles. The highest BCUT2D eigenvalue weighted by atomic mass is 16.2. The number of nitrogens with one attached hydrogen (secondary N) is 2. The van der Waals surface area contributed by atoms with Crippen molar-refractivity contribution in [2.24, 2.45) is 11.3 Å². The van der Waals surface area contributed by atoms with E-state index in [0.29, 0.717) is 6.54 Å². The molecule has 1 heterocycles. The second-order valence-electron chi connectivity index (χ2n) is 7.62. The van der Waals surface area contributed by atoms with Crippen LogP contribution < -0.4 is 10.6 Å². The molecule has 2 aliphatic rings. The fraction of sp³-hybridized carbons (Fsp3) is 0.875. The monoisotopic (exact) mass is 295 g/mol. The molecule has 0 radical (unpaired) electrons. The Bertz CT molecular complexity index is 377. The number of rotatable bonds is 3. The van der Waals surface area contributed by atoms with Gasteiger partial charge in [-0.2, -0.15) is 0 Å². The van der Waals surface area contributed by atoms with Crippen LogP contribution in [0.3, 0.4) is 0 Å². The minimum absolute atomic E-state index is 0.0219. The topological polar surface area (TPSA) is 61.4 Å². The molecule has 0 spiro atoms. The Hall–Kier alpha value is -1.26. The number of likely N-dealkylation sites (tertiary alicyclic amines) is 1. The predicted molar refractivity (Wildman–Crippen MR) is 82.9 cm³/mol. The Morgan fingerprint density at radius 3 is 2.19 bits per heavy atom. The first-order chi connectivity index (χ1) is 9.85. The van der Waals surface area contributed by atoms with Gasteiger partial charge in [0.05, 0.1) is 0 Å². The summed E-state index contributed by atoms with van der Waals surface area (Å²) in [5.41, 5.74) is 0.102. The number of carbonyl (C=O) groups excluding carboxylic acids is 2. The first-order valence-corrected chi connectivity index (χ1v) is 8.18. The summed E-state index contributed by atoms with van der Waals surface area (Å²) in [6.45, 7) is 8.46. The van der Waals surface area contributed by atoms with E-state index >= 15 is 0 Å². The van der Waals surface area contributed by atoms with Crippen LogP contribution in [0.2, 0.25) is 0 Å². The highest BCUT2D eigenvalue weighted by Gasteiger charge is 2.29. The van der Waals surface area contributed by atoms with Gasteiger partial charge in [0.2, 0.25) is 5.91 Å². The molecule has 21 heavy (non-hydrogen) atoms. The van der Waals surface area contributed by atoms with Crippen LogP contribution in [0.4, 0.5) is 4.79 Å². The molecule has 2 fully saturated rings. The molecule has 2 N–H and O–H groups in total. The van der Waals surface area contributed by atoms with Crippen molar-refractivity contribution in [2.45, 2.75) is 58.9 Å². The molecule has 3 amide bonds. The second-order valence-corrected chi connectivity index (χ2v) is 7.62. The summed E-state index contributed by atoms with van der Waals surface area (Å²) < 4.78 is 0. The van der Waals surface area contributed by atoms with E-state index in [-0.39, 0.29) is 29.3 Å². The Kier molecular flexibility index (Phi) is 5.12. The third-order valence-corrected chi connectivity index (χ3v) is 4.37. The zero-order chi connectivity index (χ0) is 15.5. The second kappa shape index (κ2) is 6.67. The zero-order valence-corrected chi connectivity index (χ0v) is 13.6. The molecule has 0 atom stereocenters. The summed E-state index contributed by atoms with van der Waals surface area (Å²) in [6.07, 6.45) is 4.99. The summed E-state index contributed by atoms with van der Waals surface area (Å²) >= 11 is 0. The lowest BCUT2D eigenvalue weighted by molar-refractivity contribution is -0.128. The summed E-state index contributed by atoms with van der Waals surface area (Å²) in [5.74, 6) is 0.468. The van der Waals surface area contributed by atoms with Crippen molar-refractivity contribution in [3.05, 3.63) is 0 Å². The fourth-order valence-corrected chi connectivity index (χ4v) is 2.67. The standard InChI is InChI=1S/C16H29N3O2/c1-16(2,3)11-17-15(21)19-9-7-13(8-10-19)18-14(20)12-5-4-6-12/h12-13H,4-11H2,1-3H3,(H,17,21)(H,18,20). The first-order valence-electron chi connectivity index (χ1n) is 8.18. The third kappa shape index (κ3) is 4.90. The van der Waals surface area contributed by atoms with Crippen molar-refractivity contribution in [3.63, 3.8) is 0 Å². The van der Waals surface area contributed by atoms with Gasteiger partial charge in [0, 0.05) is 31.6 Å². The third-order valence-electron chi connectivity index (χ3n) is 4.37. The lowest BCUT2D eigenvalue weighted by Gasteiger charge is -2.34. The molecule has 1 aliphatic heterocycles. The zero-order valence-electron chi connectivity index (χ0n) is 13.6. The summed E-state index contributed by atoms with van der Waals surface area (Å²) in [4.78, 5) is 25.8. The smallest absolute Gasteiger partial charge is 0.317 e. The molecule has 5 heteroatoms. The van der Waals surface area contributed by atoms with Crippen LogP contribution in [0.5, 0.6) is 0 Å². The van der Waals surface area contributed by atoms with Gasteiger partial charge in [-0.15, -0.1) is 0 Å². The highest BCUT2D eigenvalue weighted by molar-refractivity contribution is 5.79. The molecule has 120 valence electrons. The minimum Gasteiger partial charge on any atom is -0.353 e. The Balaban J connectivity index is 1.67. The molecular formula is C16H29N3O2. The number of hydrogen-bond acceptors (Lipinski definition) is 2. The molecular weight excluding hydrogens is 266 g/mol. The van der Waals surface area contributed by atoms with Crippen LogP contribution in [0.1, 0.15) is 52.9 Å². The molecule has 1 saturated heterocycles. The van der Waals surface area contributed by atoms with Crippen LogP contribution in [-0.2, 0) is 4.79 Å². The van der Waals surface area contributed by atoms with Crippen LogP contribution >= 0.6 is 0 Å². The van der Waals surface area contributed by atoms with Crippen molar-refractivity contribution >= 4 is 11.9 Å². The van der Waals surface area contributed by atoms with Crippen molar-refractivity contribution in [1.82, 2.24) is 15.5 Å². The average Bonchev–Trinajstić information content (AvgIpc) is 2.33. The summed E-state index contributed by atoms with van der Waals surface area (Å²) in [7, 11) is 0. The molecule has 2 rings (SSSR count). The van der Waals surface area contributed by atoms with Crippen LogP contribution in [0, 0.1) is 11.3 Å². The number of amides is 3. The van der Waals surface area contributed by atoms with E-state index in [1.807, 2.05) is 4.90 Å². The van der Waals surface area contributed by atoms with Crippen LogP contribution in [0.25, 0.3) is 0 Å². The van der Waals surface area contributed by atoms with Gasteiger partial charge in [-0.25, -0.2) is 4.79 Å². The van der Waals surface area contributed by atoms with Gasteiger partial charge < -0.3 is 15.5 Å². The molecule has 5 nitrogen and oxygen atoms in total. The first kappa shape index (κ1) is 16.1. The van der Waals surface area contributed by atoms with Crippen molar-refractivity contribution in [3.8, 4) is 0 Å². The van der Waals surface area contributed by atoms with Gasteiger partial charge in [-0.1, -0.05) is 27.2 Å². The quantitative estimate of drug-likeness (QED) is 0.838. The molecule has 0 aromatic heterocycles. The molecule has 0 bridgehead atoms. The molecule has 0 aromatic rings. The number of carbonyl (C=O) groups is 2. The van der Waals surface area contributed by atoms with Gasteiger partial charge in [-0.05, 0) is 31.1 Å². The van der Waals surface area contributed by atoms with E-state index in [9.17, 15) is 9.59 Å². The molecule has 1 saturated carbocycles. The Morgan fingerprint density at radius 1 is 1.10 bits per heavy atom. The van der Waals surface area contributed by atoms with E-state index in [1.54, 1.807) is 0 Å². The summed E-state index contributed by atoms with van der Waals surface area (Å²) in [5, 5.41) is 6.12. The van der Waals surface area contributed by atoms with Gasteiger partial charge in [0.25, 0.3) is 0 Å². The van der Waals surface area contributed by atoms with Gasteiger partial charge in [0.1, 0.15) is 0 Å². The van der Waals surface area contributed by atoms with E-state index in [4.69, 9.17) is 0 Å². The largest absolute Gasteiger partial charge is 0.353 e. The highest BCUT2D eigenvalue weighted by Crippen LogP contribution is 2.26. The molecule has 1 aliphatic carbocycles. The molecule has 0 unspecified atom stereocenters. The summed E-state index contributed by atoms with van der Waals surface area (Å²) in [6, 6.07) is 0.262. The predicted octanol–water partition coefficient (Wildman–Crippen LogP) is 2.12. The minimum atomic E-state index is 0.0219. The van der Waals surface area contributed by atoms with E-state index < -0.39 is 0 Å². The number of nitrogens with zero attached hydrogens (tertiary/aromatic N) is 1. The Labute approximate surface area is 127 Å². The normalized spacial score (nSPS) is 20.8. The maximum atomic E-state index is 12.1. The van der Waals surface area contributed by atoms with E-state index in [1.165, 1.54) is 6.42 Å². The van der Waals surface area contributed by atoms with Gasteiger partial charge in [-0.3, -0.25) is 4.79 Å². The van der Waals surface area contributed by atoms with Crippen LogP contribution in [0.15, 0.2) is 0 Å². The van der Waals surface area contributed by atoms with Crippen molar-refractivity contribution in [1.29, 1.82) is 0 Å². The lowest BCUT2D eigenvalue weighted by atomic mass is 9.84. The maximum Gasteiger partial charge on any atom is 0.317 e. The Morgan fingerprint density at radius 2 is 1.71 bits per heavy atom. The number of urea groups is 1. The average molecular weight is 295 g/mol. The number of piperidine rings is 1. The lowest BCUT2D eigenvalue weighted by Crippen LogP contribution is -2.51. The number of hydrogen-bond donors (Lipinski definition) is 2. The van der Waals surface area contributed by atoms with Gasteiger partial charge in [0.15, 0.2) is 0 Å². The van der Waals surface area contributed by atoms with E-state index in [0.717, 1.165) is 38.8 Å². The van der Waals surface area contributed by atoms with Crippen LogP contribution in [-0.4, -0.2) is 42.5 Å². The SMILES string of the molecule is CC(C)(C)CNC(=O)N1CCC(NC(=O)C2CCC2)CC1. The van der Waals surface area contributed by atoms with Crippen molar-refractivity contribution < 1.29 is 9.59 Å². The maximum absolute atomic E-state index is 12.1. The van der Waals surface area contributed by atoms with Gasteiger partial charge >= 0.3 is 6.03 Å².